The van der Waals surface area contributed by atoms with E-state index in [1.54, 1.807) is 0 Å². The average molecular weight is 285 g/mol. The second kappa shape index (κ2) is 10.2. The van der Waals surface area contributed by atoms with Crippen molar-refractivity contribution in [3.8, 4) is 0 Å². The maximum Gasteiger partial charge on any atom is 0.221 e. The summed E-state index contributed by atoms with van der Waals surface area (Å²) in [5, 5.41) is 6.41. The predicted octanol–water partition coefficient (Wildman–Crippen LogP) is 2.39. The molecule has 1 atom stereocenters. The van der Waals surface area contributed by atoms with Crippen LogP contribution in [0.4, 0.5) is 0 Å². The topological polar surface area (TPSA) is 44.4 Å². The third kappa shape index (κ3) is 11.2. The van der Waals surface area contributed by atoms with Gasteiger partial charge in [0.15, 0.2) is 0 Å². The van der Waals surface area contributed by atoms with Gasteiger partial charge in [-0.05, 0) is 60.2 Å². The summed E-state index contributed by atoms with van der Waals surface area (Å²) in [7, 11) is 0. The first-order valence-corrected chi connectivity index (χ1v) is 8.05. The van der Waals surface area contributed by atoms with Gasteiger partial charge in [-0.3, -0.25) is 4.79 Å². The van der Waals surface area contributed by atoms with Gasteiger partial charge in [-0.25, -0.2) is 0 Å². The van der Waals surface area contributed by atoms with Crippen molar-refractivity contribution in [3.63, 3.8) is 0 Å². The Morgan fingerprint density at radius 2 is 1.80 bits per heavy atom. The van der Waals surface area contributed by atoms with Gasteiger partial charge in [0.1, 0.15) is 0 Å². The van der Waals surface area contributed by atoms with Gasteiger partial charge in [0.05, 0.1) is 0 Å². The molecule has 0 fully saturated rings. The summed E-state index contributed by atoms with van der Waals surface area (Å²) in [6, 6.07) is 0.271. The molecule has 0 rings (SSSR count). The van der Waals surface area contributed by atoms with Crippen LogP contribution < -0.4 is 10.6 Å². The van der Waals surface area contributed by atoms with Gasteiger partial charge in [-0.15, -0.1) is 0 Å². The lowest BCUT2D eigenvalue weighted by atomic mass is 10.1. The Bertz CT molecular complexity index is 257. The van der Waals surface area contributed by atoms with Crippen molar-refractivity contribution < 1.29 is 4.79 Å². The maximum atomic E-state index is 11.8. The third-order valence-corrected chi connectivity index (χ3v) is 3.42. The van der Waals surface area contributed by atoms with Crippen LogP contribution in [0.25, 0.3) is 0 Å². The molecule has 0 aromatic heterocycles. The van der Waals surface area contributed by atoms with Crippen LogP contribution >= 0.6 is 0 Å². The number of nitrogens with one attached hydrogen (secondary N) is 2. The second-order valence-electron chi connectivity index (χ2n) is 6.56. The minimum atomic E-state index is 0.0790. The lowest BCUT2D eigenvalue weighted by Gasteiger charge is -2.21. The maximum absolute atomic E-state index is 11.8. The lowest BCUT2D eigenvalue weighted by Crippen LogP contribution is -2.40. The summed E-state index contributed by atoms with van der Waals surface area (Å²) in [4.78, 5) is 14.2. The molecule has 2 N–H and O–H groups in total. The highest BCUT2D eigenvalue weighted by molar-refractivity contribution is 5.76. The van der Waals surface area contributed by atoms with Gasteiger partial charge in [0.2, 0.25) is 5.91 Å². The summed E-state index contributed by atoms with van der Waals surface area (Å²) >= 11 is 0. The molecule has 0 bridgehead atoms. The van der Waals surface area contributed by atoms with E-state index in [0.717, 1.165) is 39.0 Å². The molecule has 1 amide bonds. The average Bonchev–Trinajstić information content (AvgIpc) is 2.33. The van der Waals surface area contributed by atoms with Gasteiger partial charge in [0.25, 0.3) is 0 Å². The number of hydrogen-bond donors (Lipinski definition) is 2. The molecule has 4 heteroatoms. The summed E-state index contributed by atoms with van der Waals surface area (Å²) in [6.07, 6.45) is 2.75. The van der Waals surface area contributed by atoms with Crippen LogP contribution in [0.1, 0.15) is 60.8 Å². The SMILES string of the molecule is CCN(CC)CCCC(C)NC(=O)CCNC(C)(C)C. The Morgan fingerprint density at radius 3 is 2.30 bits per heavy atom. The largest absolute Gasteiger partial charge is 0.354 e. The Kier molecular flexibility index (Phi) is 9.86. The number of nitrogens with zero attached hydrogens (tertiary/aromatic N) is 1. The van der Waals surface area contributed by atoms with Gasteiger partial charge in [-0.1, -0.05) is 13.8 Å². The van der Waals surface area contributed by atoms with E-state index in [1.165, 1.54) is 0 Å². The van der Waals surface area contributed by atoms with Gasteiger partial charge in [-0.2, -0.15) is 0 Å². The van der Waals surface area contributed by atoms with E-state index in [2.05, 4.69) is 57.1 Å². The van der Waals surface area contributed by atoms with Crippen LogP contribution in [-0.4, -0.2) is 48.6 Å². The van der Waals surface area contributed by atoms with Gasteiger partial charge >= 0.3 is 0 Å². The molecule has 0 radical (unpaired) electrons. The fraction of sp³-hybridized carbons (Fsp3) is 0.938. The number of carbonyl (C=O) groups is 1. The third-order valence-electron chi connectivity index (χ3n) is 3.42. The molecular formula is C16H35N3O. The van der Waals surface area contributed by atoms with Crippen molar-refractivity contribution in [2.24, 2.45) is 0 Å². The summed E-state index contributed by atoms with van der Waals surface area (Å²) in [5.74, 6) is 0.150. The van der Waals surface area contributed by atoms with Crippen molar-refractivity contribution in [2.45, 2.75) is 72.4 Å². The van der Waals surface area contributed by atoms with Crippen LogP contribution in [0.2, 0.25) is 0 Å². The Balaban J connectivity index is 3.69. The first-order valence-electron chi connectivity index (χ1n) is 8.05. The molecular weight excluding hydrogens is 250 g/mol. The molecule has 0 saturated carbocycles. The first kappa shape index (κ1) is 19.4. The van der Waals surface area contributed by atoms with Crippen molar-refractivity contribution in [1.29, 1.82) is 0 Å². The molecule has 0 aromatic rings. The number of rotatable bonds is 10. The van der Waals surface area contributed by atoms with Crippen LogP contribution in [0.15, 0.2) is 0 Å². The van der Waals surface area contributed by atoms with E-state index in [9.17, 15) is 4.79 Å². The Hall–Kier alpha value is -0.610. The van der Waals surface area contributed by atoms with Gasteiger partial charge < -0.3 is 15.5 Å². The second-order valence-corrected chi connectivity index (χ2v) is 6.56. The molecule has 20 heavy (non-hydrogen) atoms. The molecule has 0 aliphatic heterocycles. The van der Waals surface area contributed by atoms with E-state index < -0.39 is 0 Å². The monoisotopic (exact) mass is 285 g/mol. The molecule has 0 aliphatic rings. The summed E-state index contributed by atoms with van der Waals surface area (Å²) in [5.41, 5.74) is 0.0790. The molecule has 0 saturated heterocycles. The molecule has 120 valence electrons. The highest BCUT2D eigenvalue weighted by atomic mass is 16.1. The van der Waals surface area contributed by atoms with Gasteiger partial charge in [0, 0.05) is 24.5 Å². The number of hydrogen-bond acceptors (Lipinski definition) is 3. The fourth-order valence-electron chi connectivity index (χ4n) is 2.13. The molecule has 0 aliphatic carbocycles. The Morgan fingerprint density at radius 1 is 1.20 bits per heavy atom. The standard InChI is InChI=1S/C16H35N3O/c1-7-19(8-2)13-9-10-14(3)18-15(20)11-12-17-16(4,5)6/h14,17H,7-13H2,1-6H3,(H,18,20). The molecule has 1 unspecified atom stereocenters. The van der Waals surface area contributed by atoms with Crippen LogP contribution in [-0.2, 0) is 4.79 Å². The number of amides is 1. The predicted molar refractivity (Wildman–Crippen MR) is 87.0 cm³/mol. The highest BCUT2D eigenvalue weighted by Crippen LogP contribution is 2.01. The molecule has 0 spiro atoms. The zero-order chi connectivity index (χ0) is 15.6. The molecule has 4 nitrogen and oxygen atoms in total. The quantitative estimate of drug-likeness (QED) is 0.648. The zero-order valence-corrected chi connectivity index (χ0v) is 14.4. The van der Waals surface area contributed by atoms with E-state index in [4.69, 9.17) is 0 Å². The number of carbonyl (C=O) groups excluding carboxylic acids is 1. The van der Waals surface area contributed by atoms with Crippen LogP contribution in [0.5, 0.6) is 0 Å². The normalized spacial score (nSPS) is 13.6. The van der Waals surface area contributed by atoms with E-state index in [0.29, 0.717) is 6.42 Å². The van der Waals surface area contributed by atoms with E-state index >= 15 is 0 Å². The van der Waals surface area contributed by atoms with Crippen molar-refractivity contribution in [2.75, 3.05) is 26.2 Å². The van der Waals surface area contributed by atoms with Crippen molar-refractivity contribution in [3.05, 3.63) is 0 Å². The van der Waals surface area contributed by atoms with Crippen LogP contribution in [0, 0.1) is 0 Å². The summed E-state index contributed by atoms with van der Waals surface area (Å²) in [6.45, 7) is 16.9. The minimum Gasteiger partial charge on any atom is -0.354 e. The lowest BCUT2D eigenvalue weighted by molar-refractivity contribution is -0.121. The Labute approximate surface area is 125 Å². The minimum absolute atomic E-state index is 0.0790. The molecule has 0 aromatic carbocycles. The zero-order valence-electron chi connectivity index (χ0n) is 14.4. The summed E-state index contributed by atoms with van der Waals surface area (Å²) < 4.78 is 0. The highest BCUT2D eigenvalue weighted by Gasteiger charge is 2.11. The van der Waals surface area contributed by atoms with Crippen LogP contribution in [0.3, 0.4) is 0 Å². The fourth-order valence-corrected chi connectivity index (χ4v) is 2.13. The van der Waals surface area contributed by atoms with Crippen molar-refractivity contribution in [1.82, 2.24) is 15.5 Å². The van der Waals surface area contributed by atoms with E-state index in [1.807, 2.05) is 0 Å². The molecule has 0 heterocycles. The van der Waals surface area contributed by atoms with E-state index in [-0.39, 0.29) is 17.5 Å². The first-order chi connectivity index (χ1) is 9.28. The van der Waals surface area contributed by atoms with Crippen molar-refractivity contribution >= 4 is 5.91 Å². The smallest absolute Gasteiger partial charge is 0.221 e.